The Bertz CT molecular complexity index is 937. The monoisotopic (exact) mass is 290 g/mol. The van der Waals surface area contributed by atoms with Crippen LogP contribution in [0.4, 0.5) is 0 Å². The highest BCUT2D eigenvalue weighted by atomic mass is 16.3. The first-order valence-electron chi connectivity index (χ1n) is 7.58. The maximum atomic E-state index is 10.4. The molecule has 2 heteroatoms. The first-order valence-corrected chi connectivity index (χ1v) is 7.58. The standard InChI is InChI=1S/C20H18O2/c1-11-15-9-10-17(21)20(22)19(15)12(2)14-8-7-13-5-3-4-6-16(13)18(11)14/h3-10,17,20-22H,1-2H3. The Labute approximate surface area is 129 Å². The summed E-state index contributed by atoms with van der Waals surface area (Å²) >= 11 is 0. The highest BCUT2D eigenvalue weighted by Gasteiger charge is 2.27. The second-order valence-corrected chi connectivity index (χ2v) is 6.08. The largest absolute Gasteiger partial charge is 0.386 e. The zero-order valence-electron chi connectivity index (χ0n) is 12.7. The van der Waals surface area contributed by atoms with Gasteiger partial charge in [0.25, 0.3) is 0 Å². The van der Waals surface area contributed by atoms with Gasteiger partial charge in [-0.3, -0.25) is 0 Å². The quantitative estimate of drug-likeness (QED) is 0.614. The Morgan fingerprint density at radius 2 is 1.64 bits per heavy atom. The third-order valence-electron chi connectivity index (χ3n) is 4.89. The van der Waals surface area contributed by atoms with Crippen molar-refractivity contribution >= 4 is 27.6 Å². The predicted molar refractivity (Wildman–Crippen MR) is 90.9 cm³/mol. The molecule has 2 unspecified atom stereocenters. The molecular formula is C20H18O2. The molecule has 0 aliphatic heterocycles. The molecule has 2 nitrogen and oxygen atoms in total. The van der Waals surface area contributed by atoms with Crippen LogP contribution >= 0.6 is 0 Å². The Hall–Kier alpha value is -2.16. The minimum absolute atomic E-state index is 0.830. The van der Waals surface area contributed by atoms with Crippen LogP contribution in [-0.4, -0.2) is 16.3 Å². The van der Waals surface area contributed by atoms with Crippen LogP contribution in [0, 0.1) is 13.8 Å². The summed E-state index contributed by atoms with van der Waals surface area (Å²) in [5.41, 5.74) is 4.11. The molecule has 1 aliphatic rings. The van der Waals surface area contributed by atoms with Gasteiger partial charge < -0.3 is 10.2 Å². The van der Waals surface area contributed by atoms with E-state index in [1.54, 1.807) is 6.08 Å². The minimum atomic E-state index is -0.852. The van der Waals surface area contributed by atoms with Crippen LogP contribution in [0.1, 0.15) is 28.4 Å². The highest BCUT2D eigenvalue weighted by Crippen LogP contribution is 2.40. The van der Waals surface area contributed by atoms with Gasteiger partial charge in [-0.05, 0) is 57.6 Å². The van der Waals surface area contributed by atoms with Crippen molar-refractivity contribution in [2.75, 3.05) is 0 Å². The van der Waals surface area contributed by atoms with Gasteiger partial charge in [-0.25, -0.2) is 0 Å². The average molecular weight is 290 g/mol. The lowest BCUT2D eigenvalue weighted by molar-refractivity contribution is 0.0466. The summed E-state index contributed by atoms with van der Waals surface area (Å²) in [6.07, 6.45) is 1.94. The van der Waals surface area contributed by atoms with Gasteiger partial charge in [0, 0.05) is 0 Å². The van der Waals surface area contributed by atoms with Gasteiger partial charge in [0.05, 0.1) is 0 Å². The molecule has 0 aromatic heterocycles. The Morgan fingerprint density at radius 3 is 2.45 bits per heavy atom. The fourth-order valence-corrected chi connectivity index (χ4v) is 3.74. The first kappa shape index (κ1) is 13.5. The van der Waals surface area contributed by atoms with Gasteiger partial charge in [-0.1, -0.05) is 48.6 Å². The molecule has 22 heavy (non-hydrogen) atoms. The fourth-order valence-electron chi connectivity index (χ4n) is 3.74. The molecular weight excluding hydrogens is 272 g/mol. The number of aliphatic hydroxyl groups excluding tert-OH is 2. The van der Waals surface area contributed by atoms with E-state index in [0.29, 0.717) is 0 Å². The van der Waals surface area contributed by atoms with Gasteiger partial charge in [-0.15, -0.1) is 0 Å². The van der Waals surface area contributed by atoms with E-state index in [1.807, 2.05) is 13.0 Å². The van der Waals surface area contributed by atoms with Crippen molar-refractivity contribution in [2.24, 2.45) is 0 Å². The number of hydrogen-bond acceptors (Lipinski definition) is 2. The molecule has 0 spiro atoms. The number of benzene rings is 3. The van der Waals surface area contributed by atoms with E-state index in [4.69, 9.17) is 0 Å². The minimum Gasteiger partial charge on any atom is -0.386 e. The number of aryl methyl sites for hydroxylation is 2. The van der Waals surface area contributed by atoms with E-state index in [-0.39, 0.29) is 0 Å². The van der Waals surface area contributed by atoms with Crippen LogP contribution in [0.15, 0.2) is 42.5 Å². The lowest BCUT2D eigenvalue weighted by Crippen LogP contribution is -2.21. The average Bonchev–Trinajstić information content (AvgIpc) is 2.54. The van der Waals surface area contributed by atoms with Crippen molar-refractivity contribution in [1.82, 2.24) is 0 Å². The molecule has 0 saturated heterocycles. The molecule has 2 atom stereocenters. The van der Waals surface area contributed by atoms with Crippen LogP contribution in [0.25, 0.3) is 27.6 Å². The highest BCUT2D eigenvalue weighted by molar-refractivity contribution is 6.11. The van der Waals surface area contributed by atoms with Crippen molar-refractivity contribution in [3.63, 3.8) is 0 Å². The summed E-state index contributed by atoms with van der Waals surface area (Å²) in [5.74, 6) is 0. The summed E-state index contributed by atoms with van der Waals surface area (Å²) in [7, 11) is 0. The molecule has 110 valence electrons. The van der Waals surface area contributed by atoms with Crippen LogP contribution in [0.2, 0.25) is 0 Å². The molecule has 0 bridgehead atoms. The van der Waals surface area contributed by atoms with Crippen LogP contribution in [0.5, 0.6) is 0 Å². The first-order chi connectivity index (χ1) is 10.6. The van der Waals surface area contributed by atoms with E-state index in [9.17, 15) is 10.2 Å². The van der Waals surface area contributed by atoms with Crippen molar-refractivity contribution in [1.29, 1.82) is 0 Å². The lowest BCUT2D eigenvalue weighted by atomic mass is 9.82. The van der Waals surface area contributed by atoms with Crippen LogP contribution in [0.3, 0.4) is 0 Å². The van der Waals surface area contributed by atoms with E-state index >= 15 is 0 Å². The Morgan fingerprint density at radius 1 is 0.864 bits per heavy atom. The maximum absolute atomic E-state index is 10.4. The Balaban J connectivity index is 2.23. The smallest absolute Gasteiger partial charge is 0.109 e. The fraction of sp³-hybridized carbons (Fsp3) is 0.200. The summed E-state index contributed by atoms with van der Waals surface area (Å²) in [6, 6.07) is 12.6. The Kier molecular flexibility index (Phi) is 2.86. The molecule has 1 aliphatic carbocycles. The third kappa shape index (κ3) is 1.68. The molecule has 4 rings (SSSR count). The van der Waals surface area contributed by atoms with Crippen molar-refractivity contribution in [3.8, 4) is 0 Å². The second kappa shape index (κ2) is 4.67. The number of hydrogen-bond donors (Lipinski definition) is 2. The number of rotatable bonds is 0. The van der Waals surface area contributed by atoms with Crippen LogP contribution in [-0.2, 0) is 0 Å². The SMILES string of the molecule is Cc1c2c(c(C)c3c1ccc1ccccc13)C=CC(O)C2O. The van der Waals surface area contributed by atoms with Gasteiger partial charge in [0.2, 0.25) is 0 Å². The van der Waals surface area contributed by atoms with Crippen molar-refractivity contribution in [3.05, 3.63) is 64.7 Å². The maximum Gasteiger partial charge on any atom is 0.109 e. The van der Waals surface area contributed by atoms with E-state index in [2.05, 4.69) is 43.3 Å². The predicted octanol–water partition coefficient (Wildman–Crippen LogP) is 4.03. The normalized spacial score (nSPS) is 20.5. The zero-order valence-corrected chi connectivity index (χ0v) is 12.7. The summed E-state index contributed by atoms with van der Waals surface area (Å²) in [6.45, 7) is 4.13. The van der Waals surface area contributed by atoms with Crippen molar-refractivity contribution in [2.45, 2.75) is 26.1 Å². The van der Waals surface area contributed by atoms with Gasteiger partial charge in [-0.2, -0.15) is 0 Å². The van der Waals surface area contributed by atoms with Gasteiger partial charge >= 0.3 is 0 Å². The van der Waals surface area contributed by atoms with Crippen LogP contribution < -0.4 is 0 Å². The van der Waals surface area contributed by atoms with E-state index in [0.717, 1.165) is 27.6 Å². The lowest BCUT2D eigenvalue weighted by Gasteiger charge is -2.27. The zero-order chi connectivity index (χ0) is 15.4. The molecule has 0 heterocycles. The number of aliphatic hydroxyl groups is 2. The van der Waals surface area contributed by atoms with Gasteiger partial charge in [0.1, 0.15) is 12.2 Å². The molecule has 0 saturated carbocycles. The third-order valence-corrected chi connectivity index (χ3v) is 4.89. The van der Waals surface area contributed by atoms with E-state index in [1.165, 1.54) is 16.2 Å². The topological polar surface area (TPSA) is 40.5 Å². The summed E-state index contributed by atoms with van der Waals surface area (Å²) < 4.78 is 0. The molecule has 0 fully saturated rings. The molecule has 0 radical (unpaired) electrons. The van der Waals surface area contributed by atoms with Gasteiger partial charge in [0.15, 0.2) is 0 Å². The molecule has 3 aromatic carbocycles. The molecule has 3 aromatic rings. The molecule has 2 N–H and O–H groups in total. The second-order valence-electron chi connectivity index (χ2n) is 6.08. The summed E-state index contributed by atoms with van der Waals surface area (Å²) in [4.78, 5) is 0. The van der Waals surface area contributed by atoms with Crippen molar-refractivity contribution < 1.29 is 10.2 Å². The van der Waals surface area contributed by atoms with E-state index < -0.39 is 12.2 Å². The molecule has 0 amide bonds. The summed E-state index contributed by atoms with van der Waals surface area (Å²) in [5, 5.41) is 25.2. The number of fused-ring (bicyclic) bond motifs is 4.